The lowest BCUT2D eigenvalue weighted by Crippen LogP contribution is -2.44. The molecule has 33 heavy (non-hydrogen) atoms. The van der Waals surface area contributed by atoms with Gasteiger partial charge in [0.05, 0.1) is 35.7 Å². The van der Waals surface area contributed by atoms with Gasteiger partial charge >= 0.3 is 0 Å². The Morgan fingerprint density at radius 1 is 1.33 bits per heavy atom. The molecule has 2 saturated heterocycles. The molecule has 3 aromatic rings. The maximum atomic E-state index is 14.5. The highest BCUT2D eigenvalue weighted by Gasteiger charge is 2.38. The number of halogens is 1. The van der Waals surface area contributed by atoms with Crippen LogP contribution in [-0.2, 0) is 0 Å². The average molecular weight is 444 g/mol. The minimum Gasteiger partial charge on any atom is -0.496 e. The molecule has 0 saturated carbocycles. The number of methoxy groups -OCH3 is 1. The van der Waals surface area contributed by atoms with E-state index in [0.29, 0.717) is 23.3 Å². The molecular formula is C24H21FN6O2. The maximum absolute atomic E-state index is 14.5. The summed E-state index contributed by atoms with van der Waals surface area (Å²) in [6.45, 7) is 1.72. The summed E-state index contributed by atoms with van der Waals surface area (Å²) in [5.41, 5.74) is 2.00. The third-order valence-corrected chi connectivity index (χ3v) is 6.05. The molecule has 2 atom stereocenters. The van der Waals surface area contributed by atoms with Crippen LogP contribution in [0.15, 0.2) is 48.7 Å². The predicted octanol–water partition coefficient (Wildman–Crippen LogP) is 2.97. The Morgan fingerprint density at radius 2 is 2.21 bits per heavy atom. The molecule has 0 aliphatic carbocycles. The number of hydrogen-bond acceptors (Lipinski definition) is 7. The molecule has 0 radical (unpaired) electrons. The Morgan fingerprint density at radius 3 is 2.94 bits per heavy atom. The molecule has 8 nitrogen and oxygen atoms in total. The van der Waals surface area contributed by atoms with Gasteiger partial charge in [0, 0.05) is 31.4 Å². The highest BCUT2D eigenvalue weighted by Crippen LogP contribution is 2.35. The minimum absolute atomic E-state index is 0.0477. The number of piperazine rings is 1. The van der Waals surface area contributed by atoms with E-state index in [4.69, 9.17) is 4.74 Å². The molecule has 2 bridgehead atoms. The van der Waals surface area contributed by atoms with Gasteiger partial charge < -0.3 is 20.3 Å². The van der Waals surface area contributed by atoms with E-state index in [2.05, 4.69) is 31.6 Å². The summed E-state index contributed by atoms with van der Waals surface area (Å²) < 4.78 is 19.7. The molecule has 1 amide bonds. The van der Waals surface area contributed by atoms with Gasteiger partial charge in [-0.05, 0) is 42.8 Å². The van der Waals surface area contributed by atoms with E-state index >= 15 is 0 Å². The lowest BCUT2D eigenvalue weighted by molar-refractivity contribution is 0.102. The van der Waals surface area contributed by atoms with Crippen LogP contribution in [0.2, 0.25) is 0 Å². The van der Waals surface area contributed by atoms with E-state index in [1.165, 1.54) is 31.5 Å². The van der Waals surface area contributed by atoms with Gasteiger partial charge in [-0.3, -0.25) is 4.79 Å². The van der Waals surface area contributed by atoms with Gasteiger partial charge in [0.25, 0.3) is 5.91 Å². The number of nitrogens with one attached hydrogen (secondary N) is 2. The van der Waals surface area contributed by atoms with Crippen molar-refractivity contribution in [1.29, 1.82) is 5.26 Å². The molecule has 2 fully saturated rings. The summed E-state index contributed by atoms with van der Waals surface area (Å²) in [5.74, 6) is -0.706. The van der Waals surface area contributed by atoms with Crippen molar-refractivity contribution in [2.75, 3.05) is 30.4 Å². The zero-order valence-corrected chi connectivity index (χ0v) is 17.9. The number of rotatable bonds is 5. The van der Waals surface area contributed by atoms with Gasteiger partial charge in [0.1, 0.15) is 17.3 Å². The first-order valence-electron chi connectivity index (χ1n) is 10.6. The fourth-order valence-corrected chi connectivity index (χ4v) is 4.50. The van der Waals surface area contributed by atoms with Crippen LogP contribution in [0, 0.1) is 17.1 Å². The van der Waals surface area contributed by atoms with Gasteiger partial charge in [0.2, 0.25) is 0 Å². The number of aromatic nitrogens is 2. The van der Waals surface area contributed by atoms with Crippen molar-refractivity contribution >= 4 is 17.3 Å². The lowest BCUT2D eigenvalue weighted by atomic mass is 10.1. The maximum Gasteiger partial charge on any atom is 0.274 e. The normalized spacial score (nSPS) is 18.8. The highest BCUT2D eigenvalue weighted by atomic mass is 19.1. The molecule has 1 aromatic heterocycles. The molecule has 9 heteroatoms. The number of benzene rings is 2. The summed E-state index contributed by atoms with van der Waals surface area (Å²) in [7, 11) is 1.43. The zero-order chi connectivity index (χ0) is 22.9. The van der Waals surface area contributed by atoms with Crippen molar-refractivity contribution < 1.29 is 13.9 Å². The number of amides is 1. The van der Waals surface area contributed by atoms with Gasteiger partial charge in [-0.25, -0.2) is 14.4 Å². The quantitative estimate of drug-likeness (QED) is 0.624. The van der Waals surface area contributed by atoms with E-state index in [1.807, 2.05) is 6.07 Å². The van der Waals surface area contributed by atoms with Crippen LogP contribution in [0.25, 0.3) is 11.4 Å². The molecule has 2 unspecified atom stereocenters. The van der Waals surface area contributed by atoms with E-state index in [1.54, 1.807) is 18.2 Å². The number of anilines is 2. The molecule has 2 aliphatic heterocycles. The van der Waals surface area contributed by atoms with Crippen LogP contribution in [0.4, 0.5) is 15.8 Å². The molecule has 0 spiro atoms. The van der Waals surface area contributed by atoms with Crippen LogP contribution in [0.5, 0.6) is 5.75 Å². The number of carbonyl (C=O) groups is 1. The van der Waals surface area contributed by atoms with E-state index in [9.17, 15) is 14.4 Å². The van der Waals surface area contributed by atoms with Crippen molar-refractivity contribution in [3.05, 3.63) is 65.7 Å². The fourth-order valence-electron chi connectivity index (χ4n) is 4.50. The third-order valence-electron chi connectivity index (χ3n) is 6.05. The van der Waals surface area contributed by atoms with Gasteiger partial charge in [-0.1, -0.05) is 6.07 Å². The summed E-state index contributed by atoms with van der Waals surface area (Å²) >= 11 is 0. The summed E-state index contributed by atoms with van der Waals surface area (Å²) in [5, 5.41) is 15.7. The van der Waals surface area contributed by atoms with E-state index < -0.39 is 11.7 Å². The van der Waals surface area contributed by atoms with Crippen molar-refractivity contribution in [3.8, 4) is 23.2 Å². The highest BCUT2D eigenvalue weighted by molar-refractivity contribution is 6.05. The molecule has 2 aliphatic rings. The Kier molecular flexibility index (Phi) is 5.36. The SMILES string of the molecule is COc1cccc(F)c1-c1nccc(C(=O)Nc2cc(C#N)ccc2N2CC3CC2CN3)n1. The van der Waals surface area contributed by atoms with Crippen LogP contribution < -0.4 is 20.3 Å². The Bertz CT molecular complexity index is 1270. The van der Waals surface area contributed by atoms with Crippen LogP contribution in [0.3, 0.4) is 0 Å². The number of ether oxygens (including phenoxy) is 1. The second-order valence-electron chi connectivity index (χ2n) is 8.03. The molecule has 2 aromatic carbocycles. The van der Waals surface area contributed by atoms with Crippen molar-refractivity contribution in [3.63, 3.8) is 0 Å². The Balaban J connectivity index is 1.47. The summed E-state index contributed by atoms with van der Waals surface area (Å²) in [4.78, 5) is 23.8. The number of nitriles is 1. The standard InChI is InChI=1S/C24H21FN6O2/c1-33-21-4-2-3-17(25)22(21)23-27-8-7-18(29-23)24(32)30-19-9-14(11-26)5-6-20(19)31-13-15-10-16(31)12-28-15/h2-9,15-16,28H,10,12-13H2,1H3,(H,30,32). The molecule has 166 valence electrons. The van der Waals surface area contributed by atoms with E-state index in [0.717, 1.165) is 25.2 Å². The van der Waals surface area contributed by atoms with Gasteiger partial charge in [-0.2, -0.15) is 5.26 Å². The molecule has 5 rings (SSSR count). The van der Waals surface area contributed by atoms with Crippen LogP contribution >= 0.6 is 0 Å². The van der Waals surface area contributed by atoms with Crippen LogP contribution in [0.1, 0.15) is 22.5 Å². The van der Waals surface area contributed by atoms with Crippen molar-refractivity contribution in [1.82, 2.24) is 15.3 Å². The number of hydrogen-bond donors (Lipinski definition) is 2. The molecular weight excluding hydrogens is 423 g/mol. The summed E-state index contributed by atoms with van der Waals surface area (Å²) in [6.07, 6.45) is 2.45. The fraction of sp³-hybridized carbons (Fsp3) is 0.250. The largest absolute Gasteiger partial charge is 0.496 e. The monoisotopic (exact) mass is 444 g/mol. The van der Waals surface area contributed by atoms with Crippen LogP contribution in [-0.4, -0.2) is 48.2 Å². The van der Waals surface area contributed by atoms with Gasteiger partial charge in [0.15, 0.2) is 5.82 Å². The lowest BCUT2D eigenvalue weighted by Gasteiger charge is -2.31. The first kappa shape index (κ1) is 20.8. The average Bonchev–Trinajstić information content (AvgIpc) is 3.47. The minimum atomic E-state index is -0.548. The first-order chi connectivity index (χ1) is 16.1. The van der Waals surface area contributed by atoms with Crippen molar-refractivity contribution in [2.24, 2.45) is 0 Å². The molecule has 3 heterocycles. The topological polar surface area (TPSA) is 103 Å². The van der Waals surface area contributed by atoms with Gasteiger partial charge in [-0.15, -0.1) is 0 Å². The summed E-state index contributed by atoms with van der Waals surface area (Å²) in [6, 6.07) is 14.0. The number of nitrogens with zero attached hydrogens (tertiary/aromatic N) is 4. The first-order valence-corrected chi connectivity index (χ1v) is 10.6. The van der Waals surface area contributed by atoms with Crippen molar-refractivity contribution in [2.45, 2.75) is 18.5 Å². The smallest absolute Gasteiger partial charge is 0.274 e. The number of carbonyl (C=O) groups excluding carboxylic acids is 1. The third kappa shape index (κ3) is 3.85. The number of fused-ring (bicyclic) bond motifs is 2. The second-order valence-corrected chi connectivity index (χ2v) is 8.03. The zero-order valence-electron chi connectivity index (χ0n) is 17.9. The Hall–Kier alpha value is -4.03. The van der Waals surface area contributed by atoms with E-state index in [-0.39, 0.29) is 22.8 Å². The Labute approximate surface area is 190 Å². The molecule has 2 N–H and O–H groups in total. The second kappa shape index (κ2) is 8.48. The predicted molar refractivity (Wildman–Crippen MR) is 121 cm³/mol.